The number of hydrogen-bond donors (Lipinski definition) is 1. The molecule has 1 amide bonds. The molecule has 0 aliphatic rings. The first-order valence-corrected chi connectivity index (χ1v) is 8.71. The number of thiophene rings is 1. The molecule has 6 nitrogen and oxygen atoms in total. The van der Waals surface area contributed by atoms with E-state index < -0.39 is 5.97 Å². The van der Waals surface area contributed by atoms with E-state index in [9.17, 15) is 9.59 Å². The summed E-state index contributed by atoms with van der Waals surface area (Å²) in [6, 6.07) is 9.52. The quantitative estimate of drug-likeness (QED) is 0.732. The van der Waals surface area contributed by atoms with E-state index >= 15 is 0 Å². The largest absolute Gasteiger partial charge is 0.492 e. The molecule has 0 aliphatic carbocycles. The number of esters is 1. The van der Waals surface area contributed by atoms with Crippen molar-refractivity contribution in [3.8, 4) is 5.75 Å². The number of carbonyl (C=O) groups excluding carboxylic acids is 2. The van der Waals surface area contributed by atoms with Crippen molar-refractivity contribution in [3.05, 3.63) is 46.2 Å². The van der Waals surface area contributed by atoms with Crippen LogP contribution in [0.4, 0.5) is 5.69 Å². The van der Waals surface area contributed by atoms with Crippen molar-refractivity contribution < 1.29 is 19.1 Å². The number of nitrogens with one attached hydrogen (secondary N) is 1. The standard InChI is InChI=1S/C18H22N2O4S/c1-13-5-4-6-14(11-13)24-9-8-20(2)12-16(21)19-15-7-10-25-17(15)18(22)23-3/h4-7,10-11H,8-9,12H2,1-3H3,(H,19,21). The van der Waals surface area contributed by atoms with Crippen LogP contribution in [0.1, 0.15) is 15.2 Å². The van der Waals surface area contributed by atoms with Gasteiger partial charge in [0.2, 0.25) is 5.91 Å². The lowest BCUT2D eigenvalue weighted by Crippen LogP contribution is -2.33. The number of benzene rings is 1. The molecule has 2 aromatic rings. The van der Waals surface area contributed by atoms with Crippen LogP contribution in [0.15, 0.2) is 35.7 Å². The van der Waals surface area contributed by atoms with E-state index in [0.29, 0.717) is 23.7 Å². The Kier molecular flexibility index (Phi) is 6.97. The van der Waals surface area contributed by atoms with Gasteiger partial charge in [0, 0.05) is 6.54 Å². The molecule has 0 saturated carbocycles. The topological polar surface area (TPSA) is 67.9 Å². The minimum atomic E-state index is -0.454. The van der Waals surface area contributed by atoms with Crippen molar-refractivity contribution in [3.63, 3.8) is 0 Å². The fraction of sp³-hybridized carbons (Fsp3) is 0.333. The number of carbonyl (C=O) groups is 2. The van der Waals surface area contributed by atoms with Gasteiger partial charge in [0.05, 0.1) is 19.3 Å². The highest BCUT2D eigenvalue weighted by atomic mass is 32.1. The lowest BCUT2D eigenvalue weighted by Gasteiger charge is -2.16. The number of hydrogen-bond acceptors (Lipinski definition) is 6. The van der Waals surface area contributed by atoms with Crippen LogP contribution in [-0.2, 0) is 9.53 Å². The zero-order valence-corrected chi connectivity index (χ0v) is 15.4. The van der Waals surface area contributed by atoms with Crippen LogP contribution >= 0.6 is 11.3 Å². The normalized spacial score (nSPS) is 10.6. The third-order valence-corrected chi connectivity index (χ3v) is 4.35. The van der Waals surface area contributed by atoms with E-state index in [4.69, 9.17) is 9.47 Å². The molecule has 0 atom stereocenters. The average Bonchev–Trinajstić information content (AvgIpc) is 3.02. The summed E-state index contributed by atoms with van der Waals surface area (Å²) in [4.78, 5) is 26.0. The number of amides is 1. The number of aryl methyl sites for hydroxylation is 1. The molecule has 2 rings (SSSR count). The Balaban J connectivity index is 1.76. The van der Waals surface area contributed by atoms with Crippen LogP contribution in [0.5, 0.6) is 5.75 Å². The lowest BCUT2D eigenvalue weighted by atomic mass is 10.2. The van der Waals surface area contributed by atoms with Gasteiger partial charge in [-0.3, -0.25) is 9.69 Å². The smallest absolute Gasteiger partial charge is 0.350 e. The van der Waals surface area contributed by atoms with E-state index in [1.165, 1.54) is 18.4 Å². The minimum absolute atomic E-state index is 0.193. The van der Waals surface area contributed by atoms with Crippen LogP contribution < -0.4 is 10.1 Å². The van der Waals surface area contributed by atoms with E-state index in [2.05, 4.69) is 5.32 Å². The first-order valence-electron chi connectivity index (χ1n) is 7.83. The van der Waals surface area contributed by atoms with Crippen LogP contribution in [-0.4, -0.2) is 50.6 Å². The Bertz CT molecular complexity index is 729. The summed E-state index contributed by atoms with van der Waals surface area (Å²) >= 11 is 1.23. The van der Waals surface area contributed by atoms with Crippen molar-refractivity contribution in [2.24, 2.45) is 0 Å². The van der Waals surface area contributed by atoms with Gasteiger partial charge in [0.15, 0.2) is 0 Å². The molecule has 0 radical (unpaired) electrons. The highest BCUT2D eigenvalue weighted by Gasteiger charge is 2.16. The molecule has 0 saturated heterocycles. The van der Waals surface area contributed by atoms with Crippen LogP contribution in [0.2, 0.25) is 0 Å². The summed E-state index contributed by atoms with van der Waals surface area (Å²) < 4.78 is 10.4. The molecule has 0 unspecified atom stereocenters. The Morgan fingerprint density at radius 3 is 2.80 bits per heavy atom. The lowest BCUT2D eigenvalue weighted by molar-refractivity contribution is -0.117. The number of rotatable bonds is 8. The molecule has 7 heteroatoms. The van der Waals surface area contributed by atoms with Crippen LogP contribution in [0, 0.1) is 6.92 Å². The number of anilines is 1. The molecular formula is C18H22N2O4S. The second-order valence-electron chi connectivity index (χ2n) is 5.61. The first kappa shape index (κ1) is 19.0. The zero-order valence-electron chi connectivity index (χ0n) is 14.6. The van der Waals surface area contributed by atoms with Crippen LogP contribution in [0.25, 0.3) is 0 Å². The predicted molar refractivity (Wildman–Crippen MR) is 98.5 cm³/mol. The van der Waals surface area contributed by atoms with Crippen molar-refractivity contribution in [2.45, 2.75) is 6.92 Å². The molecule has 0 fully saturated rings. The summed E-state index contributed by atoms with van der Waals surface area (Å²) in [5.74, 6) is 0.172. The summed E-state index contributed by atoms with van der Waals surface area (Å²) in [5, 5.41) is 4.48. The molecule has 0 bridgehead atoms. The second kappa shape index (κ2) is 9.19. The second-order valence-corrected chi connectivity index (χ2v) is 6.52. The molecule has 1 aromatic heterocycles. The van der Waals surface area contributed by atoms with Gasteiger partial charge in [0.1, 0.15) is 17.2 Å². The Morgan fingerprint density at radius 1 is 1.28 bits per heavy atom. The number of likely N-dealkylation sites (N-methyl/N-ethyl adjacent to an activating group) is 1. The minimum Gasteiger partial charge on any atom is -0.492 e. The van der Waals surface area contributed by atoms with E-state index in [0.717, 1.165) is 11.3 Å². The maximum absolute atomic E-state index is 12.1. The van der Waals surface area contributed by atoms with Gasteiger partial charge in [-0.25, -0.2) is 4.79 Å². The van der Waals surface area contributed by atoms with E-state index in [1.54, 1.807) is 11.4 Å². The summed E-state index contributed by atoms with van der Waals surface area (Å²) in [5.41, 5.74) is 1.62. The SMILES string of the molecule is COC(=O)c1sccc1NC(=O)CN(C)CCOc1cccc(C)c1. The molecular weight excluding hydrogens is 340 g/mol. The van der Waals surface area contributed by atoms with E-state index in [-0.39, 0.29) is 12.5 Å². The van der Waals surface area contributed by atoms with Gasteiger partial charge >= 0.3 is 5.97 Å². The average molecular weight is 362 g/mol. The maximum Gasteiger partial charge on any atom is 0.350 e. The Labute approximate surface area is 151 Å². The monoisotopic (exact) mass is 362 g/mol. The third kappa shape index (κ3) is 5.88. The highest BCUT2D eigenvalue weighted by molar-refractivity contribution is 7.12. The predicted octanol–water partition coefficient (Wildman–Crippen LogP) is 2.79. The summed E-state index contributed by atoms with van der Waals surface area (Å²) in [6.07, 6.45) is 0. The molecule has 1 heterocycles. The van der Waals surface area contributed by atoms with Gasteiger partial charge in [-0.1, -0.05) is 12.1 Å². The van der Waals surface area contributed by atoms with Crippen molar-refractivity contribution >= 4 is 28.9 Å². The molecule has 1 N–H and O–H groups in total. The number of methoxy groups -OCH3 is 1. The van der Waals surface area contributed by atoms with Crippen molar-refractivity contribution in [1.29, 1.82) is 0 Å². The molecule has 1 aromatic carbocycles. The fourth-order valence-corrected chi connectivity index (χ4v) is 2.96. The molecule has 0 spiro atoms. The number of nitrogens with zero attached hydrogens (tertiary/aromatic N) is 1. The summed E-state index contributed by atoms with van der Waals surface area (Å²) in [6.45, 7) is 3.30. The molecule has 0 aliphatic heterocycles. The van der Waals surface area contributed by atoms with Crippen molar-refractivity contribution in [2.75, 3.05) is 39.2 Å². The van der Waals surface area contributed by atoms with Gasteiger partial charge in [-0.05, 0) is 43.1 Å². The van der Waals surface area contributed by atoms with Crippen molar-refractivity contribution in [1.82, 2.24) is 4.90 Å². The maximum atomic E-state index is 12.1. The van der Waals surface area contributed by atoms with Crippen LogP contribution in [0.3, 0.4) is 0 Å². The molecule has 134 valence electrons. The fourth-order valence-electron chi connectivity index (χ4n) is 2.20. The first-order chi connectivity index (χ1) is 12.0. The van der Waals surface area contributed by atoms with Gasteiger partial charge in [0.25, 0.3) is 0 Å². The highest BCUT2D eigenvalue weighted by Crippen LogP contribution is 2.23. The van der Waals surface area contributed by atoms with Gasteiger partial charge < -0.3 is 14.8 Å². The Morgan fingerprint density at radius 2 is 2.08 bits per heavy atom. The molecule has 25 heavy (non-hydrogen) atoms. The van der Waals surface area contributed by atoms with Gasteiger partial charge in [-0.15, -0.1) is 11.3 Å². The zero-order chi connectivity index (χ0) is 18.2. The third-order valence-electron chi connectivity index (χ3n) is 3.45. The number of ether oxygens (including phenoxy) is 2. The van der Waals surface area contributed by atoms with E-state index in [1.807, 2.05) is 43.1 Å². The summed E-state index contributed by atoms with van der Waals surface area (Å²) in [7, 11) is 3.16. The van der Waals surface area contributed by atoms with Gasteiger partial charge in [-0.2, -0.15) is 0 Å². The Hall–Kier alpha value is -2.38.